The van der Waals surface area contributed by atoms with E-state index in [-0.39, 0.29) is 108 Å². The Morgan fingerprint density at radius 3 is 1.65 bits per heavy atom. The fourth-order valence-corrected chi connectivity index (χ4v) is 3.38. The number of aliphatic hydroxyl groups excluding tert-OH is 1. The number of aliphatic hydroxyl groups is 1. The molecular weight excluding hydrogens is 303 g/mol. The molecule has 7 nitrogen and oxygen atoms in total. The molecule has 0 aliphatic heterocycles. The van der Waals surface area contributed by atoms with Crippen molar-refractivity contribution in [1.29, 1.82) is 0 Å². The van der Waals surface area contributed by atoms with Crippen LogP contribution in [0.25, 0.3) is 0 Å². The average Bonchev–Trinajstić information content (AvgIpc) is 1.92. The van der Waals surface area contributed by atoms with E-state index in [0.29, 0.717) is 0 Å². The summed E-state index contributed by atoms with van der Waals surface area (Å²) >= 11 is 0. The molecule has 0 spiro atoms. The van der Waals surface area contributed by atoms with Gasteiger partial charge in [0.1, 0.15) is 7.60 Å². The summed E-state index contributed by atoms with van der Waals surface area (Å²) in [4.78, 5) is 39.9. The zero-order valence-corrected chi connectivity index (χ0v) is 18.0. The van der Waals surface area contributed by atoms with Crippen molar-refractivity contribution in [1.82, 2.24) is 0 Å². The van der Waals surface area contributed by atoms with Crippen molar-refractivity contribution in [2.45, 2.75) is 24.7 Å². The standard InChI is InChI=1S/C5H14O7P2.3Na/c6-4-2-1-3-5(13(7,8)9)14(10,11)12;;;/h5-6H,1-4H2,(H2,7,8,9)(H2,10,11,12);;;/q;3*+1/p-3. The van der Waals surface area contributed by atoms with Crippen molar-refractivity contribution in [2.24, 2.45) is 0 Å². The van der Waals surface area contributed by atoms with E-state index in [1.165, 1.54) is 0 Å². The van der Waals surface area contributed by atoms with E-state index in [1.54, 1.807) is 0 Å². The maximum absolute atomic E-state index is 10.5. The van der Waals surface area contributed by atoms with Crippen LogP contribution in [0, 0.1) is 0 Å². The smallest absolute Gasteiger partial charge is 0.810 e. The van der Waals surface area contributed by atoms with Crippen molar-refractivity contribution >= 4 is 15.2 Å². The zero-order valence-electron chi connectivity index (χ0n) is 10.2. The summed E-state index contributed by atoms with van der Waals surface area (Å²) in [6.45, 7) is -0.233. The van der Waals surface area contributed by atoms with Crippen molar-refractivity contribution in [3.05, 3.63) is 0 Å². The first kappa shape index (κ1) is 28.4. The Morgan fingerprint density at radius 1 is 1.00 bits per heavy atom. The number of hydrogen-bond donors (Lipinski definition) is 2. The zero-order chi connectivity index (χ0) is 11.4. The first-order chi connectivity index (χ1) is 6.19. The molecule has 0 saturated carbocycles. The van der Waals surface area contributed by atoms with Gasteiger partial charge in [-0.05, 0) is 12.8 Å². The Morgan fingerprint density at radius 2 is 1.41 bits per heavy atom. The molecule has 0 aliphatic carbocycles. The van der Waals surface area contributed by atoms with Crippen LogP contribution in [-0.4, -0.2) is 22.0 Å². The molecule has 17 heavy (non-hydrogen) atoms. The fourth-order valence-electron chi connectivity index (χ4n) is 0.939. The summed E-state index contributed by atoms with van der Waals surface area (Å²) in [5, 5.41) is 6.07. The van der Waals surface area contributed by atoms with Crippen LogP contribution in [-0.2, 0) is 9.13 Å². The molecule has 0 fully saturated rings. The van der Waals surface area contributed by atoms with Gasteiger partial charge in [0.15, 0.2) is 0 Å². The third-order valence-corrected chi connectivity index (χ3v) is 5.34. The summed E-state index contributed by atoms with van der Waals surface area (Å²) < 4.78 is 21.0. The van der Waals surface area contributed by atoms with Crippen LogP contribution in [0.3, 0.4) is 0 Å². The summed E-state index contributed by atoms with van der Waals surface area (Å²) in [5.41, 5.74) is 0. The van der Waals surface area contributed by atoms with Gasteiger partial charge in [-0.2, -0.15) is 0 Å². The number of hydrogen-bond acceptors (Lipinski definition) is 6. The second-order valence-corrected chi connectivity index (χ2v) is 6.67. The van der Waals surface area contributed by atoms with Crippen molar-refractivity contribution in [3.63, 3.8) is 0 Å². The quantitative estimate of drug-likeness (QED) is 0.281. The van der Waals surface area contributed by atoms with E-state index in [1.807, 2.05) is 0 Å². The van der Waals surface area contributed by atoms with Crippen molar-refractivity contribution < 1.29 is 122 Å². The van der Waals surface area contributed by atoms with Crippen molar-refractivity contribution in [2.75, 3.05) is 6.61 Å². The molecule has 0 aromatic rings. The predicted octanol–water partition coefficient (Wildman–Crippen LogP) is -11.1. The molecule has 2 atom stereocenters. The largest absolute Gasteiger partial charge is 1.00 e. The van der Waals surface area contributed by atoms with Crippen molar-refractivity contribution in [3.8, 4) is 0 Å². The molecule has 0 bridgehead atoms. The van der Waals surface area contributed by atoms with Gasteiger partial charge in [0.2, 0.25) is 0 Å². The van der Waals surface area contributed by atoms with Gasteiger partial charge in [0.05, 0.1) is 5.40 Å². The van der Waals surface area contributed by atoms with Gasteiger partial charge in [-0.1, -0.05) is 14.0 Å². The van der Waals surface area contributed by atoms with Gasteiger partial charge >= 0.3 is 88.7 Å². The van der Waals surface area contributed by atoms with E-state index in [9.17, 15) is 23.8 Å². The maximum Gasteiger partial charge on any atom is 1.00 e. The third-order valence-electron chi connectivity index (χ3n) is 1.61. The van der Waals surface area contributed by atoms with Gasteiger partial charge in [-0.25, -0.2) is 0 Å². The molecule has 0 rings (SSSR count). The summed E-state index contributed by atoms with van der Waals surface area (Å²) in [6.07, 6.45) is -0.263. The van der Waals surface area contributed by atoms with Gasteiger partial charge in [0.25, 0.3) is 0 Å². The molecule has 0 aromatic heterocycles. The second kappa shape index (κ2) is 13.0. The minimum Gasteiger partial charge on any atom is -0.810 e. The molecule has 86 valence electrons. The molecule has 0 heterocycles. The monoisotopic (exact) mass is 314 g/mol. The van der Waals surface area contributed by atoms with Crippen LogP contribution in [0.15, 0.2) is 0 Å². The number of rotatable bonds is 6. The summed E-state index contributed by atoms with van der Waals surface area (Å²) in [6, 6.07) is 0. The third kappa shape index (κ3) is 14.0. The van der Waals surface area contributed by atoms with Gasteiger partial charge < -0.3 is 33.8 Å². The molecule has 2 N–H and O–H groups in total. The van der Waals surface area contributed by atoms with Crippen LogP contribution in [0.2, 0.25) is 0 Å². The molecular formula is C5H11Na3O7P2. The van der Waals surface area contributed by atoms with E-state index < -0.39 is 27.0 Å². The molecule has 12 heteroatoms. The van der Waals surface area contributed by atoms with Crippen LogP contribution < -0.4 is 103 Å². The average molecular weight is 314 g/mol. The SMILES string of the molecule is O=P([O-])([O-])C(CCCCO)P(=O)([O-])O.[Na+].[Na+].[Na+]. The van der Waals surface area contributed by atoms with E-state index in [0.717, 1.165) is 0 Å². The van der Waals surface area contributed by atoms with Gasteiger partial charge in [-0.3, -0.25) is 0 Å². The Labute approximate surface area is 166 Å². The Balaban J connectivity index is -0.000000282. The number of unbranched alkanes of at least 4 members (excludes halogenated alkanes) is 1. The Kier molecular flexibility index (Phi) is 21.7. The fraction of sp³-hybridized carbons (Fsp3) is 1.00. The maximum atomic E-state index is 10.5. The summed E-state index contributed by atoms with van der Waals surface area (Å²) in [7, 11) is -10.5. The van der Waals surface area contributed by atoms with Gasteiger partial charge in [0, 0.05) is 6.61 Å². The minimum atomic E-state index is -5.34. The first-order valence-electron chi connectivity index (χ1n) is 3.85. The molecule has 0 amide bonds. The Hall–Kier alpha value is 3.26. The van der Waals surface area contributed by atoms with E-state index in [4.69, 9.17) is 10.00 Å². The molecule has 0 saturated heterocycles. The Bertz CT molecular complexity index is 242. The second-order valence-electron chi connectivity index (χ2n) is 2.80. The first-order valence-corrected chi connectivity index (χ1v) is 7.11. The van der Waals surface area contributed by atoms with Gasteiger partial charge in [-0.15, -0.1) is 0 Å². The molecule has 0 aromatic carbocycles. The summed E-state index contributed by atoms with van der Waals surface area (Å²) in [5.74, 6) is 0. The van der Waals surface area contributed by atoms with Crippen LogP contribution in [0.4, 0.5) is 0 Å². The molecule has 2 unspecified atom stereocenters. The van der Waals surface area contributed by atoms with E-state index >= 15 is 0 Å². The van der Waals surface area contributed by atoms with E-state index in [2.05, 4.69) is 0 Å². The normalized spacial score (nSPS) is 15.6. The predicted molar refractivity (Wildman–Crippen MR) is 42.2 cm³/mol. The topological polar surface area (TPSA) is 144 Å². The van der Waals surface area contributed by atoms with Crippen LogP contribution in [0.1, 0.15) is 19.3 Å². The minimum absolute atomic E-state index is 0. The van der Waals surface area contributed by atoms with Crippen LogP contribution >= 0.6 is 15.2 Å². The van der Waals surface area contributed by atoms with Crippen LogP contribution in [0.5, 0.6) is 0 Å². The molecule has 0 aliphatic rings. The molecule has 0 radical (unpaired) electrons.